The third-order valence-electron chi connectivity index (χ3n) is 6.22. The summed E-state index contributed by atoms with van der Waals surface area (Å²) in [7, 11) is 0. The molecule has 1 saturated heterocycles. The van der Waals surface area contributed by atoms with Gasteiger partial charge in [-0.25, -0.2) is 0 Å². The fraction of sp³-hybridized carbons (Fsp3) is 0.476. The number of nitrogens with one attached hydrogen (secondary N) is 1. The Hall–Kier alpha value is -3.03. The smallest absolute Gasteiger partial charge is 0.326 e. The van der Waals surface area contributed by atoms with Gasteiger partial charge >= 0.3 is 5.97 Å². The second-order valence-electron chi connectivity index (χ2n) is 7.99. The van der Waals surface area contributed by atoms with Crippen molar-refractivity contribution >= 4 is 35.2 Å². The van der Waals surface area contributed by atoms with Crippen molar-refractivity contribution in [3.8, 4) is 0 Å². The van der Waals surface area contributed by atoms with Gasteiger partial charge in [-0.05, 0) is 50.2 Å². The predicted molar refractivity (Wildman–Crippen MR) is 101 cm³/mol. The van der Waals surface area contributed by atoms with Gasteiger partial charge in [-0.3, -0.25) is 28.9 Å². The predicted octanol–water partition coefficient (Wildman–Crippen LogP) is 1.40. The summed E-state index contributed by atoms with van der Waals surface area (Å²) in [5.74, 6) is -2.15. The SMILES string of the molecule is CC(=O)c1cccc(NC(=O)COC(=O)CN2C(=O)[C@H]3[C@H]4CC[C@@H](C4)[C@@H]3C2=O)c1. The maximum absolute atomic E-state index is 12.6. The second-order valence-corrected chi connectivity index (χ2v) is 7.99. The fourth-order valence-corrected chi connectivity index (χ4v) is 4.96. The van der Waals surface area contributed by atoms with Gasteiger partial charge in [0.05, 0.1) is 11.8 Å². The number of fused-ring (bicyclic) bond motifs is 5. The molecule has 1 aromatic rings. The monoisotopic (exact) mass is 398 g/mol. The van der Waals surface area contributed by atoms with Crippen LogP contribution in [0.3, 0.4) is 0 Å². The second kappa shape index (κ2) is 7.42. The highest BCUT2D eigenvalue weighted by Gasteiger charge is 2.61. The Morgan fingerprint density at radius 1 is 1.10 bits per heavy atom. The summed E-state index contributed by atoms with van der Waals surface area (Å²) in [5.41, 5.74) is 0.859. The molecule has 8 nitrogen and oxygen atoms in total. The molecule has 4 atom stereocenters. The largest absolute Gasteiger partial charge is 0.454 e. The fourth-order valence-electron chi connectivity index (χ4n) is 4.96. The van der Waals surface area contributed by atoms with E-state index in [1.165, 1.54) is 13.0 Å². The van der Waals surface area contributed by atoms with E-state index in [0.29, 0.717) is 11.3 Å². The van der Waals surface area contributed by atoms with E-state index in [1.807, 2.05) is 0 Å². The van der Waals surface area contributed by atoms with Crippen LogP contribution in [-0.4, -0.2) is 47.5 Å². The lowest BCUT2D eigenvalue weighted by Gasteiger charge is -2.19. The summed E-state index contributed by atoms with van der Waals surface area (Å²) in [6.07, 6.45) is 2.86. The maximum atomic E-state index is 12.6. The average molecular weight is 398 g/mol. The number of anilines is 1. The molecule has 0 radical (unpaired) electrons. The highest BCUT2D eigenvalue weighted by atomic mass is 16.5. The van der Waals surface area contributed by atoms with Crippen LogP contribution < -0.4 is 5.32 Å². The summed E-state index contributed by atoms with van der Waals surface area (Å²) in [5, 5.41) is 2.54. The van der Waals surface area contributed by atoms with Crippen molar-refractivity contribution in [3.05, 3.63) is 29.8 Å². The molecule has 3 aliphatic rings. The van der Waals surface area contributed by atoms with Gasteiger partial charge in [-0.2, -0.15) is 0 Å². The lowest BCUT2D eigenvalue weighted by atomic mass is 9.81. The number of rotatable bonds is 6. The third kappa shape index (κ3) is 3.54. The number of hydrogen-bond acceptors (Lipinski definition) is 6. The Kier molecular flexibility index (Phi) is 4.94. The normalized spacial score (nSPS) is 27.1. The van der Waals surface area contributed by atoms with Crippen LogP contribution in [0.25, 0.3) is 0 Å². The molecule has 1 aromatic carbocycles. The van der Waals surface area contributed by atoms with E-state index in [-0.39, 0.29) is 41.3 Å². The molecule has 152 valence electrons. The maximum Gasteiger partial charge on any atom is 0.326 e. The minimum absolute atomic E-state index is 0.134. The number of carbonyl (C=O) groups excluding carboxylic acids is 5. The standard InChI is InChI=1S/C21H22N2O6/c1-11(24)12-3-2-4-15(8-12)22-16(25)10-29-17(26)9-23-20(27)18-13-5-6-14(7-13)19(18)21(23)28/h2-4,8,13-14,18-19H,5-7,9-10H2,1H3,(H,22,25)/t13-,14-,18-,19-/m0/s1. The van der Waals surface area contributed by atoms with Crippen LogP contribution in [0.1, 0.15) is 36.5 Å². The minimum Gasteiger partial charge on any atom is -0.454 e. The third-order valence-corrected chi connectivity index (χ3v) is 6.22. The molecule has 8 heteroatoms. The molecule has 2 aliphatic carbocycles. The number of ketones is 1. The first-order valence-corrected chi connectivity index (χ1v) is 9.77. The highest BCUT2D eigenvalue weighted by Crippen LogP contribution is 2.56. The van der Waals surface area contributed by atoms with Crippen LogP contribution in [-0.2, 0) is 23.9 Å². The zero-order chi connectivity index (χ0) is 20.7. The number of likely N-dealkylation sites (tertiary alicyclic amines) is 1. The molecular weight excluding hydrogens is 376 g/mol. The van der Waals surface area contributed by atoms with Crippen molar-refractivity contribution < 1.29 is 28.7 Å². The first kappa shape index (κ1) is 19.3. The number of imide groups is 1. The Morgan fingerprint density at radius 2 is 1.76 bits per heavy atom. The van der Waals surface area contributed by atoms with Gasteiger partial charge in [0.15, 0.2) is 12.4 Å². The zero-order valence-corrected chi connectivity index (χ0v) is 16.1. The van der Waals surface area contributed by atoms with Crippen molar-refractivity contribution in [2.45, 2.75) is 26.2 Å². The lowest BCUT2D eigenvalue weighted by Crippen LogP contribution is -2.38. The van der Waals surface area contributed by atoms with Crippen LogP contribution >= 0.6 is 0 Å². The quantitative estimate of drug-likeness (QED) is 0.441. The first-order valence-electron chi connectivity index (χ1n) is 9.77. The van der Waals surface area contributed by atoms with Crippen LogP contribution in [0.15, 0.2) is 24.3 Å². The van der Waals surface area contributed by atoms with Crippen molar-refractivity contribution in [2.75, 3.05) is 18.5 Å². The first-order chi connectivity index (χ1) is 13.8. The molecular formula is C21H22N2O6. The molecule has 1 aliphatic heterocycles. The van der Waals surface area contributed by atoms with Gasteiger partial charge in [0, 0.05) is 11.3 Å². The van der Waals surface area contributed by atoms with Crippen molar-refractivity contribution in [1.29, 1.82) is 0 Å². The summed E-state index contributed by atoms with van der Waals surface area (Å²) in [6.45, 7) is 0.415. The number of carbonyl (C=O) groups is 5. The topological polar surface area (TPSA) is 110 Å². The van der Waals surface area contributed by atoms with E-state index < -0.39 is 25.0 Å². The van der Waals surface area contributed by atoms with E-state index >= 15 is 0 Å². The van der Waals surface area contributed by atoms with Crippen LogP contribution in [0.2, 0.25) is 0 Å². The Balaban J connectivity index is 1.29. The molecule has 1 heterocycles. The average Bonchev–Trinajstić information content (AvgIpc) is 3.37. The van der Waals surface area contributed by atoms with Crippen LogP contribution in [0.4, 0.5) is 5.69 Å². The van der Waals surface area contributed by atoms with Gasteiger partial charge in [0.1, 0.15) is 6.54 Å². The molecule has 1 N–H and O–H groups in total. The molecule has 2 saturated carbocycles. The van der Waals surface area contributed by atoms with E-state index in [1.54, 1.807) is 18.2 Å². The molecule has 0 unspecified atom stereocenters. The number of Topliss-reactive ketones (excluding diaryl/α,β-unsaturated/α-hetero) is 1. The van der Waals surface area contributed by atoms with Crippen LogP contribution in [0.5, 0.6) is 0 Å². The summed E-state index contributed by atoms with van der Waals surface area (Å²) in [4.78, 5) is 61.6. The Labute approximate surface area is 167 Å². The van der Waals surface area contributed by atoms with Crippen molar-refractivity contribution in [1.82, 2.24) is 4.90 Å². The molecule has 29 heavy (non-hydrogen) atoms. The van der Waals surface area contributed by atoms with Crippen molar-refractivity contribution in [3.63, 3.8) is 0 Å². The molecule has 3 fully saturated rings. The van der Waals surface area contributed by atoms with Gasteiger partial charge in [-0.1, -0.05) is 12.1 Å². The van der Waals surface area contributed by atoms with Crippen LogP contribution in [0, 0.1) is 23.7 Å². The van der Waals surface area contributed by atoms with Gasteiger partial charge < -0.3 is 10.1 Å². The van der Waals surface area contributed by atoms with E-state index in [9.17, 15) is 24.0 Å². The summed E-state index contributed by atoms with van der Waals surface area (Å²) in [6, 6.07) is 6.40. The number of hydrogen-bond donors (Lipinski definition) is 1. The summed E-state index contributed by atoms with van der Waals surface area (Å²) < 4.78 is 4.94. The van der Waals surface area contributed by atoms with Gasteiger partial charge in [0.2, 0.25) is 11.8 Å². The van der Waals surface area contributed by atoms with Crippen molar-refractivity contribution in [2.24, 2.45) is 23.7 Å². The van der Waals surface area contributed by atoms with Gasteiger partial charge in [0.25, 0.3) is 5.91 Å². The zero-order valence-electron chi connectivity index (χ0n) is 16.1. The molecule has 3 amide bonds. The molecule has 0 aromatic heterocycles. The molecule has 2 bridgehead atoms. The number of benzene rings is 1. The molecule has 4 rings (SSSR count). The van der Waals surface area contributed by atoms with E-state index in [2.05, 4.69) is 5.32 Å². The minimum atomic E-state index is -0.799. The van der Waals surface area contributed by atoms with E-state index in [0.717, 1.165) is 24.2 Å². The Bertz CT molecular complexity index is 882. The van der Waals surface area contributed by atoms with E-state index in [4.69, 9.17) is 4.74 Å². The number of amides is 3. The summed E-state index contributed by atoms with van der Waals surface area (Å²) >= 11 is 0. The lowest BCUT2D eigenvalue weighted by molar-refractivity contribution is -0.154. The van der Waals surface area contributed by atoms with Gasteiger partial charge in [-0.15, -0.1) is 0 Å². The number of ether oxygens (including phenoxy) is 1. The Morgan fingerprint density at radius 3 is 2.38 bits per heavy atom. The highest BCUT2D eigenvalue weighted by molar-refractivity contribution is 6.08. The number of esters is 1. The molecule has 0 spiro atoms. The number of nitrogens with zero attached hydrogens (tertiary/aromatic N) is 1.